The minimum atomic E-state index is -0.237. The summed E-state index contributed by atoms with van der Waals surface area (Å²) in [4.78, 5) is 23.4. The van der Waals surface area contributed by atoms with Crippen molar-refractivity contribution < 1.29 is 9.18 Å². The average molecular weight is 396 g/mol. The summed E-state index contributed by atoms with van der Waals surface area (Å²) < 4.78 is 14.8. The Morgan fingerprint density at radius 2 is 2.00 bits per heavy atom. The topological polar surface area (TPSA) is 89.9 Å². The summed E-state index contributed by atoms with van der Waals surface area (Å²) in [5, 5.41) is 4.71. The number of carbonyl (C=O) groups is 1. The summed E-state index contributed by atoms with van der Waals surface area (Å²) in [6.45, 7) is 2.45. The SMILES string of the molecule is NCCn1nc([C@@H]2CCN(C(=O)CCCc3ccc(F)cc3)C2)c2nccnc21. The Morgan fingerprint density at radius 1 is 1.21 bits per heavy atom. The third-order valence-electron chi connectivity index (χ3n) is 5.43. The summed E-state index contributed by atoms with van der Waals surface area (Å²) in [6, 6.07) is 6.46. The van der Waals surface area contributed by atoms with Crippen LogP contribution in [0.5, 0.6) is 0 Å². The van der Waals surface area contributed by atoms with E-state index in [1.165, 1.54) is 12.1 Å². The van der Waals surface area contributed by atoms with Crippen molar-refractivity contribution in [1.29, 1.82) is 0 Å². The minimum absolute atomic E-state index is 0.159. The van der Waals surface area contributed by atoms with Gasteiger partial charge in [-0.25, -0.2) is 19.0 Å². The number of hydrogen-bond acceptors (Lipinski definition) is 5. The lowest BCUT2D eigenvalue weighted by atomic mass is 10.0. The largest absolute Gasteiger partial charge is 0.342 e. The van der Waals surface area contributed by atoms with Crippen LogP contribution in [0.4, 0.5) is 4.39 Å². The Hall–Kier alpha value is -2.87. The van der Waals surface area contributed by atoms with Gasteiger partial charge in [0.25, 0.3) is 0 Å². The first-order valence-corrected chi connectivity index (χ1v) is 10.1. The quantitative estimate of drug-likeness (QED) is 0.662. The standard InChI is InChI=1S/C21H25FN6O/c22-17-6-4-15(5-7-17)2-1-3-18(29)27-12-8-16(14-27)19-20-21(25-11-10-24-20)28(26-19)13-9-23/h4-7,10-11,16H,1-3,8-9,12-14,23H2/t16-/m1/s1. The molecule has 0 bridgehead atoms. The van der Waals surface area contributed by atoms with E-state index < -0.39 is 0 Å². The maximum absolute atomic E-state index is 13.0. The molecule has 1 fully saturated rings. The van der Waals surface area contributed by atoms with E-state index in [9.17, 15) is 9.18 Å². The van der Waals surface area contributed by atoms with Gasteiger partial charge in [0.2, 0.25) is 5.91 Å². The molecule has 2 aromatic heterocycles. The van der Waals surface area contributed by atoms with Crippen LogP contribution in [0.15, 0.2) is 36.7 Å². The molecule has 3 aromatic rings. The molecule has 152 valence electrons. The number of amides is 1. The molecule has 2 N–H and O–H groups in total. The van der Waals surface area contributed by atoms with Gasteiger partial charge in [-0.15, -0.1) is 0 Å². The zero-order valence-corrected chi connectivity index (χ0v) is 16.3. The summed E-state index contributed by atoms with van der Waals surface area (Å²) in [5.74, 6) is 0.0831. The van der Waals surface area contributed by atoms with Gasteiger partial charge in [-0.3, -0.25) is 4.79 Å². The van der Waals surface area contributed by atoms with E-state index in [-0.39, 0.29) is 17.6 Å². The van der Waals surface area contributed by atoms with Crippen molar-refractivity contribution in [2.45, 2.75) is 38.1 Å². The van der Waals surface area contributed by atoms with Crippen molar-refractivity contribution in [3.8, 4) is 0 Å². The number of rotatable bonds is 7. The summed E-state index contributed by atoms with van der Waals surface area (Å²) >= 11 is 0. The zero-order valence-electron chi connectivity index (χ0n) is 16.3. The van der Waals surface area contributed by atoms with E-state index in [1.807, 2.05) is 9.58 Å². The van der Waals surface area contributed by atoms with E-state index in [0.29, 0.717) is 26.1 Å². The van der Waals surface area contributed by atoms with Gasteiger partial charge < -0.3 is 10.6 Å². The number of aryl methyl sites for hydroxylation is 1. The number of aromatic nitrogens is 4. The van der Waals surface area contributed by atoms with Crippen molar-refractivity contribution in [2.75, 3.05) is 19.6 Å². The Balaban J connectivity index is 1.37. The monoisotopic (exact) mass is 396 g/mol. The highest BCUT2D eigenvalue weighted by atomic mass is 19.1. The molecule has 1 amide bonds. The number of carbonyl (C=O) groups excluding carboxylic acids is 1. The molecular weight excluding hydrogens is 371 g/mol. The van der Waals surface area contributed by atoms with Crippen molar-refractivity contribution in [1.82, 2.24) is 24.6 Å². The van der Waals surface area contributed by atoms with E-state index in [1.54, 1.807) is 24.5 Å². The molecular formula is C21H25FN6O. The number of likely N-dealkylation sites (tertiary alicyclic amines) is 1. The van der Waals surface area contributed by atoms with Gasteiger partial charge in [0.15, 0.2) is 5.65 Å². The predicted molar refractivity (Wildman–Crippen MR) is 108 cm³/mol. The van der Waals surface area contributed by atoms with Gasteiger partial charge in [0.05, 0.1) is 12.2 Å². The predicted octanol–water partition coefficient (Wildman–Crippen LogP) is 2.26. The third kappa shape index (κ3) is 4.27. The minimum Gasteiger partial charge on any atom is -0.342 e. The fourth-order valence-corrected chi connectivity index (χ4v) is 3.94. The van der Waals surface area contributed by atoms with Crippen LogP contribution in [-0.4, -0.2) is 50.2 Å². The summed E-state index contributed by atoms with van der Waals surface area (Å²) in [5.41, 5.74) is 9.20. The Labute approximate surface area is 168 Å². The highest BCUT2D eigenvalue weighted by Gasteiger charge is 2.31. The van der Waals surface area contributed by atoms with Crippen LogP contribution in [-0.2, 0) is 17.8 Å². The Morgan fingerprint density at radius 3 is 2.79 bits per heavy atom. The van der Waals surface area contributed by atoms with E-state index in [2.05, 4.69) is 9.97 Å². The molecule has 0 unspecified atom stereocenters. The molecule has 0 spiro atoms. The Kier molecular flexibility index (Phi) is 5.80. The second-order valence-electron chi connectivity index (χ2n) is 7.43. The van der Waals surface area contributed by atoms with Crippen LogP contribution in [0.2, 0.25) is 0 Å². The van der Waals surface area contributed by atoms with E-state index in [0.717, 1.165) is 48.2 Å². The van der Waals surface area contributed by atoms with Gasteiger partial charge in [0, 0.05) is 44.4 Å². The highest BCUT2D eigenvalue weighted by molar-refractivity contribution is 5.77. The van der Waals surface area contributed by atoms with E-state index in [4.69, 9.17) is 10.8 Å². The molecule has 1 aliphatic rings. The Bertz CT molecular complexity index is 987. The van der Waals surface area contributed by atoms with Crippen LogP contribution >= 0.6 is 0 Å². The van der Waals surface area contributed by atoms with Crippen molar-refractivity contribution in [3.05, 3.63) is 53.7 Å². The molecule has 0 aliphatic carbocycles. The van der Waals surface area contributed by atoms with Gasteiger partial charge >= 0.3 is 0 Å². The van der Waals surface area contributed by atoms with Crippen molar-refractivity contribution in [2.24, 2.45) is 5.73 Å². The molecule has 3 heterocycles. The lowest BCUT2D eigenvalue weighted by molar-refractivity contribution is -0.130. The highest BCUT2D eigenvalue weighted by Crippen LogP contribution is 2.30. The first-order valence-electron chi connectivity index (χ1n) is 10.1. The van der Waals surface area contributed by atoms with Crippen LogP contribution in [0.25, 0.3) is 11.2 Å². The number of fused-ring (bicyclic) bond motifs is 1. The molecule has 29 heavy (non-hydrogen) atoms. The second-order valence-corrected chi connectivity index (χ2v) is 7.43. The van der Waals surface area contributed by atoms with Gasteiger partial charge in [-0.05, 0) is 37.0 Å². The van der Waals surface area contributed by atoms with Gasteiger partial charge in [0.1, 0.15) is 11.3 Å². The van der Waals surface area contributed by atoms with Crippen molar-refractivity contribution >= 4 is 17.1 Å². The maximum atomic E-state index is 13.0. The first-order chi connectivity index (χ1) is 14.2. The smallest absolute Gasteiger partial charge is 0.222 e. The third-order valence-corrected chi connectivity index (χ3v) is 5.43. The number of nitrogens with two attached hydrogens (primary N) is 1. The summed E-state index contributed by atoms with van der Waals surface area (Å²) in [7, 11) is 0. The number of halogens is 1. The van der Waals surface area contributed by atoms with E-state index >= 15 is 0 Å². The number of nitrogens with zero attached hydrogens (tertiary/aromatic N) is 5. The lowest BCUT2D eigenvalue weighted by Crippen LogP contribution is -2.28. The van der Waals surface area contributed by atoms with Crippen LogP contribution in [0, 0.1) is 5.82 Å². The average Bonchev–Trinajstić information content (AvgIpc) is 3.35. The molecule has 4 rings (SSSR count). The molecule has 0 radical (unpaired) electrons. The first kappa shape index (κ1) is 19.4. The number of benzene rings is 1. The second kappa shape index (κ2) is 8.65. The molecule has 0 saturated carbocycles. The molecule has 1 aliphatic heterocycles. The van der Waals surface area contributed by atoms with Crippen LogP contribution in [0.1, 0.15) is 36.4 Å². The summed E-state index contributed by atoms with van der Waals surface area (Å²) in [6.07, 6.45) is 6.22. The fraction of sp³-hybridized carbons (Fsp3) is 0.429. The normalized spacial score (nSPS) is 16.6. The van der Waals surface area contributed by atoms with Crippen LogP contribution < -0.4 is 5.73 Å². The van der Waals surface area contributed by atoms with Gasteiger partial charge in [-0.2, -0.15) is 5.10 Å². The molecule has 1 atom stereocenters. The zero-order chi connectivity index (χ0) is 20.2. The van der Waals surface area contributed by atoms with Crippen molar-refractivity contribution in [3.63, 3.8) is 0 Å². The molecule has 8 heteroatoms. The maximum Gasteiger partial charge on any atom is 0.222 e. The van der Waals surface area contributed by atoms with Gasteiger partial charge in [-0.1, -0.05) is 12.1 Å². The molecule has 7 nitrogen and oxygen atoms in total. The number of hydrogen-bond donors (Lipinski definition) is 1. The fourth-order valence-electron chi connectivity index (χ4n) is 3.94. The molecule has 1 aromatic carbocycles. The lowest BCUT2D eigenvalue weighted by Gasteiger charge is -2.16. The molecule has 1 saturated heterocycles. The van der Waals surface area contributed by atoms with Crippen LogP contribution in [0.3, 0.4) is 0 Å².